The van der Waals surface area contributed by atoms with Crippen molar-refractivity contribution in [2.75, 3.05) is 13.1 Å². The molecule has 1 atom stereocenters. The van der Waals surface area contributed by atoms with Crippen molar-refractivity contribution in [1.29, 1.82) is 0 Å². The first-order valence-electron chi connectivity index (χ1n) is 9.38. The third kappa shape index (κ3) is 3.65. The molecule has 2 aliphatic rings. The highest BCUT2D eigenvalue weighted by Gasteiger charge is 2.31. The highest BCUT2D eigenvalue weighted by Crippen LogP contribution is 2.40. The summed E-state index contributed by atoms with van der Waals surface area (Å²) < 4.78 is 5.86. The fourth-order valence-corrected chi connectivity index (χ4v) is 3.66. The minimum Gasteiger partial charge on any atom is -0.595 e. The van der Waals surface area contributed by atoms with E-state index in [2.05, 4.69) is 4.90 Å². The number of ketones is 1. The summed E-state index contributed by atoms with van der Waals surface area (Å²) in [5.41, 5.74) is 1.93. The molecule has 2 aromatic rings. The van der Waals surface area contributed by atoms with E-state index in [1.54, 1.807) is 30.3 Å². The number of ether oxygens (including phenoxy) is 1. The Morgan fingerprint density at radius 2 is 1.82 bits per heavy atom. The van der Waals surface area contributed by atoms with Crippen LogP contribution in [0, 0.1) is 5.21 Å². The lowest BCUT2D eigenvalue weighted by Gasteiger charge is -2.27. The maximum absolute atomic E-state index is 12.7. The SMILES string of the molecule is O=C1C(=Cc2ccc([NH+]([O-])O)cc2)Oc2c1ccc(O)c2CN1CCCCC1. The zero-order chi connectivity index (χ0) is 19.7. The number of carbonyl (C=O) groups excluding carboxylic acids is 1. The molecule has 2 aromatic carbocycles. The molecule has 0 bridgehead atoms. The van der Waals surface area contributed by atoms with Gasteiger partial charge in [-0.3, -0.25) is 9.69 Å². The molecular weight excluding hydrogens is 360 g/mol. The van der Waals surface area contributed by atoms with E-state index >= 15 is 0 Å². The van der Waals surface area contributed by atoms with Crippen molar-refractivity contribution in [1.82, 2.24) is 4.90 Å². The molecule has 0 aliphatic carbocycles. The number of nitrogens with zero attached hydrogens (tertiary/aromatic N) is 1. The number of hydrogen-bond acceptors (Lipinski definition) is 6. The van der Waals surface area contributed by atoms with Crippen LogP contribution in [-0.4, -0.2) is 34.1 Å². The van der Waals surface area contributed by atoms with Gasteiger partial charge in [0.05, 0.1) is 11.1 Å². The third-order valence-corrected chi connectivity index (χ3v) is 5.20. The molecule has 4 rings (SSSR count). The van der Waals surface area contributed by atoms with Gasteiger partial charge in [-0.05, 0) is 61.8 Å². The number of aromatic hydroxyl groups is 1. The number of rotatable bonds is 4. The van der Waals surface area contributed by atoms with Crippen molar-refractivity contribution in [3.63, 3.8) is 0 Å². The molecule has 0 amide bonds. The predicted octanol–water partition coefficient (Wildman–Crippen LogP) is 2.40. The van der Waals surface area contributed by atoms with Gasteiger partial charge in [0.15, 0.2) is 11.4 Å². The fraction of sp³-hybridized carbons (Fsp3) is 0.286. The van der Waals surface area contributed by atoms with Gasteiger partial charge in [-0.2, -0.15) is 5.23 Å². The molecule has 1 fully saturated rings. The summed E-state index contributed by atoms with van der Waals surface area (Å²) in [6.45, 7) is 2.48. The van der Waals surface area contributed by atoms with Crippen LogP contribution in [0.1, 0.15) is 40.7 Å². The second-order valence-corrected chi connectivity index (χ2v) is 7.14. The first-order valence-corrected chi connectivity index (χ1v) is 9.38. The highest BCUT2D eigenvalue weighted by molar-refractivity contribution is 6.15. The summed E-state index contributed by atoms with van der Waals surface area (Å²) in [7, 11) is 0. The van der Waals surface area contributed by atoms with Gasteiger partial charge in [0.2, 0.25) is 5.78 Å². The van der Waals surface area contributed by atoms with Crippen LogP contribution < -0.4 is 9.96 Å². The molecule has 1 saturated heterocycles. The molecule has 0 radical (unpaired) electrons. The van der Waals surface area contributed by atoms with Gasteiger partial charge < -0.3 is 15.1 Å². The first kappa shape index (κ1) is 18.6. The monoisotopic (exact) mass is 382 g/mol. The number of fused-ring (bicyclic) bond motifs is 1. The molecule has 1 unspecified atom stereocenters. The van der Waals surface area contributed by atoms with Crippen LogP contribution in [0.3, 0.4) is 0 Å². The Bertz CT molecular complexity index is 915. The Kier molecular flexibility index (Phi) is 5.15. The van der Waals surface area contributed by atoms with Crippen molar-refractivity contribution in [3.8, 4) is 11.5 Å². The van der Waals surface area contributed by atoms with E-state index in [9.17, 15) is 15.1 Å². The lowest BCUT2D eigenvalue weighted by atomic mass is 10.0. The van der Waals surface area contributed by atoms with E-state index in [0.717, 1.165) is 25.9 Å². The Balaban J connectivity index is 1.61. The third-order valence-electron chi connectivity index (χ3n) is 5.20. The molecule has 28 heavy (non-hydrogen) atoms. The number of allylic oxidation sites excluding steroid dienone is 1. The van der Waals surface area contributed by atoms with Gasteiger partial charge in [0, 0.05) is 18.7 Å². The smallest absolute Gasteiger partial charge is 0.231 e. The molecular formula is C21H22N2O5. The summed E-state index contributed by atoms with van der Waals surface area (Å²) in [6.07, 6.45) is 5.08. The normalized spacial score (nSPS) is 19.5. The molecule has 2 heterocycles. The molecule has 2 aliphatic heterocycles. The topological polar surface area (TPSA) is 97.5 Å². The number of phenols is 1. The van der Waals surface area contributed by atoms with Crippen LogP contribution in [0.5, 0.6) is 11.5 Å². The van der Waals surface area contributed by atoms with Crippen LogP contribution >= 0.6 is 0 Å². The van der Waals surface area contributed by atoms with Crippen LogP contribution in [0.25, 0.3) is 6.08 Å². The second kappa shape index (κ2) is 7.73. The second-order valence-electron chi connectivity index (χ2n) is 7.14. The standard InChI is InChI=1S/C21H22N2O5/c24-18-9-8-16-20(25)19(12-14-4-6-15(7-5-14)23(26)27)28-21(16)17(18)13-22-10-2-1-3-11-22/h4-9,12,23-24,26H,1-3,10-11,13H2. The number of quaternary nitrogens is 1. The van der Waals surface area contributed by atoms with Crippen molar-refractivity contribution in [2.45, 2.75) is 25.8 Å². The molecule has 7 nitrogen and oxygen atoms in total. The quantitative estimate of drug-likeness (QED) is 0.555. The van der Waals surface area contributed by atoms with E-state index in [0.29, 0.717) is 29.0 Å². The summed E-state index contributed by atoms with van der Waals surface area (Å²) in [5, 5.41) is 29.3. The van der Waals surface area contributed by atoms with Gasteiger partial charge in [0.25, 0.3) is 0 Å². The number of carbonyl (C=O) groups is 1. The maximum Gasteiger partial charge on any atom is 0.231 e. The molecule has 0 saturated carbocycles. The van der Waals surface area contributed by atoms with E-state index < -0.39 is 5.23 Å². The van der Waals surface area contributed by atoms with E-state index in [1.165, 1.54) is 18.6 Å². The maximum atomic E-state index is 12.7. The Hall–Kier alpha value is -2.71. The predicted molar refractivity (Wildman–Crippen MR) is 102 cm³/mol. The van der Waals surface area contributed by atoms with Gasteiger partial charge >= 0.3 is 0 Å². The average Bonchev–Trinajstić information content (AvgIpc) is 3.01. The van der Waals surface area contributed by atoms with Crippen molar-refractivity contribution >= 4 is 17.5 Å². The molecule has 3 N–H and O–H groups in total. The average molecular weight is 382 g/mol. The lowest BCUT2D eigenvalue weighted by Crippen LogP contribution is -2.99. The minimum absolute atomic E-state index is 0.129. The van der Waals surface area contributed by atoms with Gasteiger partial charge in [-0.1, -0.05) is 6.42 Å². The Labute approximate surface area is 162 Å². The number of benzene rings is 2. The number of likely N-dealkylation sites (tertiary alicyclic amines) is 1. The summed E-state index contributed by atoms with van der Waals surface area (Å²) >= 11 is 0. The summed E-state index contributed by atoms with van der Waals surface area (Å²) in [5.74, 6) is 0.480. The number of hydrogen-bond donors (Lipinski definition) is 3. The lowest BCUT2D eigenvalue weighted by molar-refractivity contribution is -0.991. The molecule has 7 heteroatoms. The van der Waals surface area contributed by atoms with Gasteiger partial charge in [-0.25, -0.2) is 5.21 Å². The molecule has 0 spiro atoms. The van der Waals surface area contributed by atoms with Gasteiger partial charge in [-0.15, -0.1) is 0 Å². The Morgan fingerprint density at radius 3 is 2.50 bits per heavy atom. The zero-order valence-electron chi connectivity index (χ0n) is 15.4. The summed E-state index contributed by atoms with van der Waals surface area (Å²) in [6, 6.07) is 9.35. The molecule has 0 aromatic heterocycles. The highest BCUT2D eigenvalue weighted by atomic mass is 16.8. The zero-order valence-corrected chi connectivity index (χ0v) is 15.4. The Morgan fingerprint density at radius 1 is 1.11 bits per heavy atom. The number of nitrogens with one attached hydrogen (secondary N) is 1. The van der Waals surface area contributed by atoms with E-state index in [4.69, 9.17) is 9.94 Å². The summed E-state index contributed by atoms with van der Waals surface area (Å²) in [4.78, 5) is 15.0. The van der Waals surface area contributed by atoms with Gasteiger partial charge in [0.1, 0.15) is 11.5 Å². The number of piperidine rings is 1. The van der Waals surface area contributed by atoms with E-state index in [-0.39, 0.29) is 23.0 Å². The van der Waals surface area contributed by atoms with Crippen molar-refractivity contribution < 1.29 is 25.1 Å². The van der Waals surface area contributed by atoms with Crippen LogP contribution in [0.15, 0.2) is 42.2 Å². The van der Waals surface area contributed by atoms with Crippen LogP contribution in [-0.2, 0) is 6.54 Å². The number of phenolic OH excluding ortho intramolecular Hbond substituents is 1. The number of Topliss-reactive ketones (excluding diaryl/α,β-unsaturated/α-hetero) is 1. The fourth-order valence-electron chi connectivity index (χ4n) is 3.66. The largest absolute Gasteiger partial charge is 0.595 e. The molecule has 146 valence electrons. The minimum atomic E-state index is -1.00. The van der Waals surface area contributed by atoms with Crippen LogP contribution in [0.4, 0.5) is 5.69 Å². The van der Waals surface area contributed by atoms with Crippen LogP contribution in [0.2, 0.25) is 0 Å². The van der Waals surface area contributed by atoms with E-state index in [1.807, 2.05) is 0 Å². The first-order chi connectivity index (χ1) is 13.5. The van der Waals surface area contributed by atoms with Crippen molar-refractivity contribution in [2.24, 2.45) is 0 Å². The van der Waals surface area contributed by atoms with Crippen molar-refractivity contribution in [3.05, 3.63) is 64.1 Å².